The number of hydrogen-bond acceptors (Lipinski definition) is 3. The quantitative estimate of drug-likeness (QED) is 0.148. The van der Waals surface area contributed by atoms with E-state index in [1.807, 2.05) is 0 Å². The Hall–Kier alpha value is -1.78. The third-order valence-electron chi connectivity index (χ3n) is 12.3. The number of hydrogen-bond donors (Lipinski definition) is 0. The second kappa shape index (κ2) is 15.8. The van der Waals surface area contributed by atoms with Gasteiger partial charge < -0.3 is 14.2 Å². The molecule has 0 spiro atoms. The summed E-state index contributed by atoms with van der Waals surface area (Å²) < 4.78 is 20.6. The van der Waals surface area contributed by atoms with Crippen molar-refractivity contribution in [2.75, 3.05) is 6.61 Å². The topological polar surface area (TPSA) is 27.7 Å². The summed E-state index contributed by atoms with van der Waals surface area (Å²) in [5, 5.41) is 0.0281. The number of rotatable bonds is 18. The summed E-state index contributed by atoms with van der Waals surface area (Å²) in [6.07, 6.45) is 12.9. The summed E-state index contributed by atoms with van der Waals surface area (Å²) in [6, 6.07) is 10.7. The van der Waals surface area contributed by atoms with Gasteiger partial charge in [-0.3, -0.25) is 0 Å². The third kappa shape index (κ3) is 11.1. The highest BCUT2D eigenvalue weighted by Gasteiger charge is 2.46. The monoisotopic (exact) mass is 648 g/mol. The summed E-state index contributed by atoms with van der Waals surface area (Å²) in [6.45, 7) is 39.4. The molecule has 1 aromatic rings. The van der Waals surface area contributed by atoms with Crippen LogP contribution in [-0.4, -0.2) is 36.8 Å². The van der Waals surface area contributed by atoms with Crippen molar-refractivity contribution in [1.29, 1.82) is 0 Å². The fourth-order valence-corrected chi connectivity index (χ4v) is 6.06. The zero-order valence-corrected chi connectivity index (χ0v) is 33.6. The van der Waals surface area contributed by atoms with Gasteiger partial charge in [-0.25, -0.2) is 0 Å². The average molecular weight is 648 g/mol. The molecule has 0 heterocycles. The Kier molecular flexibility index (Phi) is 14.0. The van der Waals surface area contributed by atoms with Crippen molar-refractivity contribution in [1.82, 2.24) is 0 Å². The fourth-order valence-electron chi connectivity index (χ4n) is 6.06. The highest BCUT2D eigenvalue weighted by Crippen LogP contribution is 2.50. The van der Waals surface area contributed by atoms with Gasteiger partial charge in [-0.15, -0.1) is 0 Å². The first kappa shape index (κ1) is 41.4. The maximum absolute atomic E-state index is 7.01. The summed E-state index contributed by atoms with van der Waals surface area (Å²) in [5.74, 6) is 2.27. The van der Waals surface area contributed by atoms with Gasteiger partial charge in [0.2, 0.25) is 0 Å². The second-order valence-electron chi connectivity index (χ2n) is 18.1. The highest BCUT2D eigenvalue weighted by molar-refractivity contribution is 6.44. The molecule has 47 heavy (non-hydrogen) atoms. The Morgan fingerprint density at radius 1 is 0.787 bits per heavy atom. The minimum atomic E-state index is -0.411. The van der Waals surface area contributed by atoms with Crippen molar-refractivity contribution in [3.63, 3.8) is 0 Å². The van der Waals surface area contributed by atoms with Crippen LogP contribution in [-0.2, 0) is 14.2 Å². The molecule has 0 N–H and O–H groups in total. The molecule has 0 aromatic heterocycles. The Morgan fingerprint density at radius 2 is 1.38 bits per heavy atom. The van der Waals surface area contributed by atoms with E-state index in [-0.39, 0.29) is 45.2 Å². The van der Waals surface area contributed by atoms with Crippen LogP contribution in [0.2, 0.25) is 10.6 Å². The smallest absolute Gasteiger partial charge is 0.128 e. The predicted octanol–water partition coefficient (Wildman–Crippen LogP) is 12.4. The first-order chi connectivity index (χ1) is 21.4. The van der Waals surface area contributed by atoms with Crippen LogP contribution in [0.15, 0.2) is 66.5 Å². The molecule has 0 saturated heterocycles. The van der Waals surface area contributed by atoms with E-state index in [0.29, 0.717) is 18.4 Å². The number of benzene rings is 1. The van der Waals surface area contributed by atoms with E-state index in [2.05, 4.69) is 186 Å². The molecule has 4 heteroatoms. The van der Waals surface area contributed by atoms with Crippen molar-refractivity contribution < 1.29 is 14.2 Å². The third-order valence-corrected chi connectivity index (χ3v) is 12.3. The lowest BCUT2D eigenvalue weighted by Crippen LogP contribution is -2.49. The molecule has 0 saturated carbocycles. The molecule has 3 nitrogen and oxygen atoms in total. The summed E-state index contributed by atoms with van der Waals surface area (Å²) in [5.41, 5.74) is 0.138. The first-order valence-electron chi connectivity index (χ1n) is 18.4. The van der Waals surface area contributed by atoms with Gasteiger partial charge in [0.1, 0.15) is 18.6 Å². The average Bonchev–Trinajstić information content (AvgIpc) is 3.19. The predicted molar refractivity (Wildman–Crippen MR) is 205 cm³/mol. The molecular weight excluding hydrogens is 575 g/mol. The van der Waals surface area contributed by atoms with Crippen molar-refractivity contribution in [3.8, 4) is 0 Å². The molecular formula is C43H72BO3. The molecule has 1 aromatic carbocycles. The van der Waals surface area contributed by atoms with Crippen LogP contribution in [0, 0.1) is 23.2 Å². The fraction of sp³-hybridized carbons (Fsp3) is 0.721. The van der Waals surface area contributed by atoms with Gasteiger partial charge in [0.05, 0.1) is 23.9 Å². The lowest BCUT2D eigenvalue weighted by atomic mass is 9.35. The van der Waals surface area contributed by atoms with E-state index in [1.54, 1.807) is 0 Å². The van der Waals surface area contributed by atoms with Gasteiger partial charge in [-0.05, 0) is 94.7 Å². The van der Waals surface area contributed by atoms with Gasteiger partial charge in [0.15, 0.2) is 0 Å². The minimum Gasteiger partial charge on any atom is -0.488 e. The Morgan fingerprint density at radius 3 is 1.94 bits per heavy atom. The van der Waals surface area contributed by atoms with Crippen LogP contribution in [0.3, 0.4) is 0 Å². The summed E-state index contributed by atoms with van der Waals surface area (Å²) in [4.78, 5) is 0. The molecule has 0 amide bonds. The Bertz CT molecular complexity index is 1200. The van der Waals surface area contributed by atoms with Crippen LogP contribution in [0.5, 0.6) is 0 Å². The van der Waals surface area contributed by atoms with Gasteiger partial charge >= 0.3 is 0 Å². The molecule has 1 radical (unpaired) electrons. The maximum Gasteiger partial charge on any atom is 0.128 e. The molecule has 0 fully saturated rings. The molecule has 1 aliphatic carbocycles. The highest BCUT2D eigenvalue weighted by atomic mass is 16.5. The number of allylic oxidation sites excluding steroid dienone is 5. The number of ether oxygens (including phenoxy) is 3. The molecule has 4 atom stereocenters. The molecule has 1 aliphatic rings. The van der Waals surface area contributed by atoms with Gasteiger partial charge in [0, 0.05) is 11.8 Å². The van der Waals surface area contributed by atoms with E-state index < -0.39 is 5.60 Å². The van der Waals surface area contributed by atoms with Crippen LogP contribution in [0.1, 0.15) is 142 Å². The van der Waals surface area contributed by atoms with E-state index in [4.69, 9.17) is 14.2 Å². The summed E-state index contributed by atoms with van der Waals surface area (Å²) in [7, 11) is 2.52. The van der Waals surface area contributed by atoms with Gasteiger partial charge in [-0.1, -0.05) is 130 Å². The second-order valence-corrected chi connectivity index (χ2v) is 18.1. The zero-order valence-electron chi connectivity index (χ0n) is 33.6. The zero-order chi connectivity index (χ0) is 36.1. The van der Waals surface area contributed by atoms with E-state index in [0.717, 1.165) is 18.6 Å². The lowest BCUT2D eigenvalue weighted by Gasteiger charge is -2.50. The van der Waals surface area contributed by atoms with Crippen molar-refractivity contribution >= 4 is 7.28 Å². The van der Waals surface area contributed by atoms with Gasteiger partial charge in [-0.2, -0.15) is 0 Å². The molecule has 4 unspecified atom stereocenters. The lowest BCUT2D eigenvalue weighted by molar-refractivity contribution is -0.159. The van der Waals surface area contributed by atoms with Crippen molar-refractivity contribution in [2.45, 2.75) is 170 Å². The Balaban J connectivity index is 2.09. The van der Waals surface area contributed by atoms with Crippen LogP contribution >= 0.6 is 0 Å². The van der Waals surface area contributed by atoms with Gasteiger partial charge in [0.25, 0.3) is 0 Å². The Labute approximate surface area is 292 Å². The summed E-state index contributed by atoms with van der Waals surface area (Å²) >= 11 is 0. The standard InChI is InChI=1S/C43H72BO3/c1-18-36(47-43(16,17)41(12,13)44-39(8,9)31(2)3)29-38(6,7)42(14,15)45-30-32(4)40(10,11)46-37-27-23-22-26-35(28-37)33(5)34-24-20-19-21-25-34/h19-28,31-33,35-36H,18,29-30H2,1-17H3. The maximum atomic E-state index is 7.01. The van der Waals surface area contributed by atoms with E-state index in [1.165, 1.54) is 5.56 Å². The molecule has 265 valence electrons. The SMILES string of the molecule is CCC(CC(C)(C)C(C)(C)OCC(C)C(C)(C)OC1=CC(C(C)c2ccccc2)C=CC=C1)OC(C)(C)C(C)(C)[B]C(C)(C)C(C)C. The van der Waals surface area contributed by atoms with Crippen molar-refractivity contribution in [3.05, 3.63) is 72.0 Å². The van der Waals surface area contributed by atoms with E-state index >= 15 is 0 Å². The van der Waals surface area contributed by atoms with E-state index in [9.17, 15) is 0 Å². The van der Waals surface area contributed by atoms with Crippen LogP contribution in [0.4, 0.5) is 0 Å². The normalized spacial score (nSPS) is 18.9. The first-order valence-corrected chi connectivity index (χ1v) is 18.4. The molecule has 0 bridgehead atoms. The molecule has 0 aliphatic heterocycles. The minimum absolute atomic E-state index is 0.0942. The van der Waals surface area contributed by atoms with Crippen LogP contribution < -0.4 is 0 Å². The van der Waals surface area contributed by atoms with Crippen molar-refractivity contribution in [2.24, 2.45) is 23.2 Å². The largest absolute Gasteiger partial charge is 0.488 e. The molecule has 2 rings (SSSR count). The van der Waals surface area contributed by atoms with Crippen LogP contribution in [0.25, 0.3) is 0 Å².